The SMILES string of the molecule is CCCC1(O)CCC2C3CCC4CC(OC(C)=O)CCC4(C)C3CCC21C. The summed E-state index contributed by atoms with van der Waals surface area (Å²) < 4.78 is 5.59. The van der Waals surface area contributed by atoms with E-state index in [1.807, 2.05) is 0 Å². The molecule has 3 heteroatoms. The molecule has 0 amide bonds. The van der Waals surface area contributed by atoms with Crippen molar-refractivity contribution < 1.29 is 14.6 Å². The average molecular weight is 377 g/mol. The first kappa shape index (κ1) is 19.7. The maximum Gasteiger partial charge on any atom is 0.302 e. The molecule has 4 aliphatic rings. The van der Waals surface area contributed by atoms with E-state index in [0.717, 1.165) is 43.9 Å². The van der Waals surface area contributed by atoms with Gasteiger partial charge in [-0.1, -0.05) is 27.2 Å². The number of hydrogen-bond acceptors (Lipinski definition) is 3. The van der Waals surface area contributed by atoms with Gasteiger partial charge < -0.3 is 9.84 Å². The minimum Gasteiger partial charge on any atom is -0.463 e. The Bertz CT molecular complexity index is 588. The molecule has 0 aromatic rings. The maximum atomic E-state index is 11.5. The molecule has 0 bridgehead atoms. The van der Waals surface area contributed by atoms with Crippen LogP contribution in [-0.2, 0) is 9.53 Å². The second-order valence-electron chi connectivity index (χ2n) is 10.9. The van der Waals surface area contributed by atoms with Crippen LogP contribution >= 0.6 is 0 Å². The van der Waals surface area contributed by atoms with Crippen molar-refractivity contribution in [2.75, 3.05) is 0 Å². The summed E-state index contributed by atoms with van der Waals surface area (Å²) in [5, 5.41) is 11.5. The van der Waals surface area contributed by atoms with E-state index in [2.05, 4.69) is 20.8 Å². The third-order valence-electron chi connectivity index (χ3n) is 9.94. The Balaban J connectivity index is 1.54. The minimum atomic E-state index is -0.428. The zero-order valence-corrected chi connectivity index (χ0v) is 17.9. The molecule has 4 rings (SSSR count). The molecular weight excluding hydrogens is 336 g/mol. The highest BCUT2D eigenvalue weighted by Gasteiger charge is 2.64. The first-order chi connectivity index (χ1) is 12.7. The molecule has 0 radical (unpaired) electrons. The van der Waals surface area contributed by atoms with Gasteiger partial charge in [-0.25, -0.2) is 0 Å². The lowest BCUT2D eigenvalue weighted by Crippen LogP contribution is -2.56. The van der Waals surface area contributed by atoms with Crippen LogP contribution in [0.15, 0.2) is 0 Å². The highest BCUT2D eigenvalue weighted by Crippen LogP contribution is 2.68. The lowest BCUT2D eigenvalue weighted by Gasteiger charge is -2.61. The number of esters is 1. The summed E-state index contributed by atoms with van der Waals surface area (Å²) in [4.78, 5) is 11.4. The van der Waals surface area contributed by atoms with Crippen molar-refractivity contribution in [3.63, 3.8) is 0 Å². The number of ether oxygens (including phenoxy) is 1. The highest BCUT2D eigenvalue weighted by atomic mass is 16.5. The minimum absolute atomic E-state index is 0.119. The number of aliphatic hydroxyl groups is 1. The van der Waals surface area contributed by atoms with Gasteiger partial charge in [0.05, 0.1) is 5.60 Å². The van der Waals surface area contributed by atoms with Gasteiger partial charge in [0.25, 0.3) is 0 Å². The van der Waals surface area contributed by atoms with Crippen LogP contribution < -0.4 is 0 Å². The van der Waals surface area contributed by atoms with Gasteiger partial charge in [0.1, 0.15) is 6.10 Å². The monoisotopic (exact) mass is 376 g/mol. The van der Waals surface area contributed by atoms with Gasteiger partial charge in [-0.15, -0.1) is 0 Å². The molecule has 8 unspecified atom stereocenters. The van der Waals surface area contributed by atoms with Crippen molar-refractivity contribution in [3.05, 3.63) is 0 Å². The third-order valence-corrected chi connectivity index (χ3v) is 9.94. The Hall–Kier alpha value is -0.570. The van der Waals surface area contributed by atoms with E-state index in [0.29, 0.717) is 17.3 Å². The number of hydrogen-bond donors (Lipinski definition) is 1. The number of carbonyl (C=O) groups excluding carboxylic acids is 1. The molecule has 4 fully saturated rings. The normalized spacial score (nSPS) is 51.8. The molecule has 0 aromatic carbocycles. The predicted octanol–water partition coefficient (Wildman–Crippen LogP) is 5.49. The van der Waals surface area contributed by atoms with Crippen molar-refractivity contribution in [1.82, 2.24) is 0 Å². The first-order valence-corrected chi connectivity index (χ1v) is 11.6. The summed E-state index contributed by atoms with van der Waals surface area (Å²) in [7, 11) is 0. The largest absolute Gasteiger partial charge is 0.463 e. The second kappa shape index (κ2) is 6.75. The highest BCUT2D eigenvalue weighted by molar-refractivity contribution is 5.66. The maximum absolute atomic E-state index is 11.5. The Morgan fingerprint density at radius 3 is 2.48 bits per heavy atom. The van der Waals surface area contributed by atoms with E-state index < -0.39 is 5.60 Å². The van der Waals surface area contributed by atoms with Gasteiger partial charge in [0.2, 0.25) is 0 Å². The van der Waals surface area contributed by atoms with Crippen LogP contribution in [0.1, 0.15) is 98.3 Å². The van der Waals surface area contributed by atoms with Gasteiger partial charge >= 0.3 is 5.97 Å². The fraction of sp³-hybridized carbons (Fsp3) is 0.958. The van der Waals surface area contributed by atoms with E-state index in [4.69, 9.17) is 4.74 Å². The molecule has 0 saturated heterocycles. The Morgan fingerprint density at radius 1 is 1.04 bits per heavy atom. The van der Waals surface area contributed by atoms with Gasteiger partial charge in [-0.05, 0) is 98.7 Å². The molecule has 0 heterocycles. The van der Waals surface area contributed by atoms with Crippen molar-refractivity contribution in [2.45, 2.75) is 110 Å². The van der Waals surface area contributed by atoms with E-state index >= 15 is 0 Å². The van der Waals surface area contributed by atoms with Crippen molar-refractivity contribution in [1.29, 1.82) is 0 Å². The predicted molar refractivity (Wildman–Crippen MR) is 107 cm³/mol. The number of carbonyl (C=O) groups is 1. The van der Waals surface area contributed by atoms with Gasteiger partial charge in [-0.2, -0.15) is 0 Å². The second-order valence-corrected chi connectivity index (χ2v) is 10.9. The van der Waals surface area contributed by atoms with Crippen LogP contribution in [0.25, 0.3) is 0 Å². The lowest BCUT2D eigenvalue weighted by atomic mass is 9.44. The molecule has 4 saturated carbocycles. The molecule has 8 atom stereocenters. The fourth-order valence-corrected chi connectivity index (χ4v) is 8.49. The van der Waals surface area contributed by atoms with Crippen LogP contribution in [0.3, 0.4) is 0 Å². The van der Waals surface area contributed by atoms with Crippen molar-refractivity contribution in [2.24, 2.45) is 34.5 Å². The van der Waals surface area contributed by atoms with Crippen LogP contribution in [-0.4, -0.2) is 22.8 Å². The van der Waals surface area contributed by atoms with Crippen molar-refractivity contribution in [3.8, 4) is 0 Å². The number of rotatable bonds is 3. The summed E-state index contributed by atoms with van der Waals surface area (Å²) in [6.07, 6.45) is 12.9. The van der Waals surface area contributed by atoms with Crippen molar-refractivity contribution >= 4 is 5.97 Å². The first-order valence-electron chi connectivity index (χ1n) is 11.6. The number of fused-ring (bicyclic) bond motifs is 5. The summed E-state index contributed by atoms with van der Waals surface area (Å²) in [5.41, 5.74) is 0.108. The van der Waals surface area contributed by atoms with E-state index in [1.54, 1.807) is 6.92 Å². The molecule has 27 heavy (non-hydrogen) atoms. The fourth-order valence-electron chi connectivity index (χ4n) is 8.49. The van der Waals surface area contributed by atoms with Crippen LogP contribution in [0.2, 0.25) is 0 Å². The smallest absolute Gasteiger partial charge is 0.302 e. The van der Waals surface area contributed by atoms with E-state index in [1.165, 1.54) is 38.5 Å². The van der Waals surface area contributed by atoms with Crippen LogP contribution in [0, 0.1) is 34.5 Å². The van der Waals surface area contributed by atoms with E-state index in [-0.39, 0.29) is 17.5 Å². The van der Waals surface area contributed by atoms with Gasteiger partial charge in [0.15, 0.2) is 0 Å². The molecule has 0 spiro atoms. The topological polar surface area (TPSA) is 46.5 Å². The molecule has 0 aliphatic heterocycles. The summed E-state index contributed by atoms with van der Waals surface area (Å²) >= 11 is 0. The molecule has 154 valence electrons. The summed E-state index contributed by atoms with van der Waals surface area (Å²) in [6, 6.07) is 0. The van der Waals surface area contributed by atoms with Crippen LogP contribution in [0.4, 0.5) is 0 Å². The zero-order valence-electron chi connectivity index (χ0n) is 17.9. The van der Waals surface area contributed by atoms with Gasteiger partial charge in [-0.3, -0.25) is 4.79 Å². The molecule has 3 nitrogen and oxygen atoms in total. The summed E-state index contributed by atoms with van der Waals surface area (Å²) in [5.74, 6) is 2.89. The Kier molecular flexibility index (Phi) is 4.93. The quantitative estimate of drug-likeness (QED) is 0.662. The van der Waals surface area contributed by atoms with E-state index in [9.17, 15) is 9.90 Å². The van der Waals surface area contributed by atoms with Gasteiger partial charge in [0, 0.05) is 6.92 Å². The summed E-state index contributed by atoms with van der Waals surface area (Å²) in [6.45, 7) is 8.73. The molecule has 1 N–H and O–H groups in total. The molecule has 0 aromatic heterocycles. The lowest BCUT2D eigenvalue weighted by molar-refractivity contribution is -0.170. The Labute approximate surface area is 165 Å². The van der Waals surface area contributed by atoms with Crippen LogP contribution in [0.5, 0.6) is 0 Å². The Morgan fingerprint density at radius 2 is 1.78 bits per heavy atom. The zero-order chi connectivity index (χ0) is 19.4. The molecular formula is C24H40O3. The third kappa shape index (κ3) is 2.90. The average Bonchev–Trinajstić information content (AvgIpc) is 2.86. The standard InChI is InChI=1S/C24H40O3/c1-5-11-24(26)14-10-21-19-7-6-17-15-18(27-16(2)25)8-12-22(17,3)20(19)9-13-23(21,24)4/h17-21,26H,5-15H2,1-4H3. The molecule has 4 aliphatic carbocycles.